The third-order valence-corrected chi connectivity index (χ3v) is 10.5. The molecule has 5 N–H and O–H groups in total. The average Bonchev–Trinajstić information content (AvgIpc) is 3.07. The second-order valence-electron chi connectivity index (χ2n) is 11.8. The van der Waals surface area contributed by atoms with Gasteiger partial charge in [-0.3, -0.25) is 4.79 Å². The van der Waals surface area contributed by atoms with Gasteiger partial charge in [0.1, 0.15) is 29.0 Å². The Morgan fingerprint density at radius 3 is 2.31 bits per heavy atom. The first-order chi connectivity index (χ1) is 16.8. The van der Waals surface area contributed by atoms with Gasteiger partial charge in [0.2, 0.25) is 0 Å². The second kappa shape index (κ2) is 7.95. The number of ether oxygens (including phenoxy) is 1. The maximum atomic E-state index is 13.2. The zero-order valence-corrected chi connectivity index (χ0v) is 21.0. The number of carbonyl (C=O) groups excluding carboxylic acids is 2. The predicted octanol–water partition coefficient (Wildman–Crippen LogP) is 1.67. The molecule has 0 saturated heterocycles. The summed E-state index contributed by atoms with van der Waals surface area (Å²) in [5, 5.41) is 58.1. The lowest BCUT2D eigenvalue weighted by Crippen LogP contribution is -2.81. The summed E-state index contributed by atoms with van der Waals surface area (Å²) >= 11 is 0. The lowest BCUT2D eigenvalue weighted by molar-refractivity contribution is -0.331. The van der Waals surface area contributed by atoms with Crippen LogP contribution in [-0.2, 0) is 9.53 Å². The van der Waals surface area contributed by atoms with Gasteiger partial charge in [-0.25, -0.2) is 4.79 Å². The van der Waals surface area contributed by atoms with E-state index < -0.39 is 63.6 Å². The highest BCUT2D eigenvalue weighted by Gasteiger charge is 2.83. The van der Waals surface area contributed by atoms with Gasteiger partial charge >= 0.3 is 5.97 Å². The third kappa shape index (κ3) is 2.93. The fraction of sp³-hybridized carbons (Fsp3) is 0.643. The highest BCUT2D eigenvalue weighted by Crippen LogP contribution is 2.70. The largest absolute Gasteiger partial charge is 0.458 e. The summed E-state index contributed by atoms with van der Waals surface area (Å²) < 4.78 is 6.01. The fourth-order valence-corrected chi connectivity index (χ4v) is 8.16. The Labute approximate surface area is 210 Å². The number of rotatable bonds is 3. The number of Topliss-reactive ketones (excluding diaryl/α,β-unsaturated/α-hetero) is 1. The molecule has 5 rings (SSSR count). The van der Waals surface area contributed by atoms with E-state index in [2.05, 4.69) is 0 Å². The molecule has 0 spiro atoms. The molecule has 4 aliphatic carbocycles. The smallest absolute Gasteiger partial charge is 0.338 e. The van der Waals surface area contributed by atoms with Crippen LogP contribution in [0.15, 0.2) is 42.0 Å². The third-order valence-electron chi connectivity index (χ3n) is 10.5. The van der Waals surface area contributed by atoms with E-state index in [1.54, 1.807) is 30.3 Å². The summed E-state index contributed by atoms with van der Waals surface area (Å²) in [6.45, 7) is 4.65. The van der Waals surface area contributed by atoms with Crippen molar-refractivity contribution in [2.75, 3.05) is 0 Å². The Bertz CT molecular complexity index is 1120. The minimum absolute atomic E-state index is 0.0183. The summed E-state index contributed by atoms with van der Waals surface area (Å²) in [4.78, 5) is 26.1. The topological polar surface area (TPSA) is 145 Å². The molecule has 0 heterocycles. The van der Waals surface area contributed by atoms with E-state index >= 15 is 0 Å². The minimum atomic E-state index is -2.15. The molecule has 8 heteroatoms. The van der Waals surface area contributed by atoms with Crippen LogP contribution in [0.4, 0.5) is 0 Å². The van der Waals surface area contributed by atoms with Gasteiger partial charge in [-0.1, -0.05) is 36.8 Å². The van der Waals surface area contributed by atoms with Crippen LogP contribution in [0.2, 0.25) is 0 Å². The van der Waals surface area contributed by atoms with Crippen LogP contribution >= 0.6 is 0 Å². The first kappa shape index (κ1) is 25.5. The predicted molar refractivity (Wildman–Crippen MR) is 129 cm³/mol. The van der Waals surface area contributed by atoms with Crippen LogP contribution in [0.3, 0.4) is 0 Å². The molecular weight excluding hydrogens is 464 g/mol. The molecular formula is C28H36O8. The number of aliphatic hydroxyl groups is 5. The van der Waals surface area contributed by atoms with Crippen molar-refractivity contribution in [3.8, 4) is 0 Å². The molecule has 9 atom stereocenters. The van der Waals surface area contributed by atoms with Crippen molar-refractivity contribution >= 4 is 11.8 Å². The van der Waals surface area contributed by atoms with Crippen LogP contribution in [-0.4, -0.2) is 72.4 Å². The Balaban J connectivity index is 1.68. The van der Waals surface area contributed by atoms with E-state index in [0.717, 1.165) is 5.57 Å². The van der Waals surface area contributed by atoms with Crippen molar-refractivity contribution in [3.63, 3.8) is 0 Å². The van der Waals surface area contributed by atoms with Crippen LogP contribution in [0.1, 0.15) is 69.7 Å². The molecule has 3 saturated carbocycles. The molecule has 0 amide bonds. The maximum Gasteiger partial charge on any atom is 0.338 e. The van der Waals surface area contributed by atoms with Crippen molar-refractivity contribution in [2.24, 2.45) is 16.7 Å². The number of hydrogen-bond donors (Lipinski definition) is 5. The van der Waals surface area contributed by atoms with Crippen molar-refractivity contribution in [1.29, 1.82) is 0 Å². The number of hydrogen-bond acceptors (Lipinski definition) is 8. The molecule has 1 aromatic rings. The van der Waals surface area contributed by atoms with Crippen molar-refractivity contribution in [3.05, 3.63) is 47.5 Å². The van der Waals surface area contributed by atoms with Crippen LogP contribution in [0, 0.1) is 16.7 Å². The lowest BCUT2D eigenvalue weighted by Gasteiger charge is -2.67. The van der Waals surface area contributed by atoms with Gasteiger partial charge in [0, 0.05) is 5.92 Å². The van der Waals surface area contributed by atoms with Crippen molar-refractivity contribution in [2.45, 2.75) is 94.4 Å². The Kier molecular flexibility index (Phi) is 5.64. The molecule has 0 aromatic heterocycles. The molecule has 4 aliphatic rings. The van der Waals surface area contributed by atoms with Crippen LogP contribution in [0.5, 0.6) is 0 Å². The number of benzene rings is 1. The standard InChI is InChI=1S/C28H36O8/c1-16(29)26(33)11-12-27(34)25(26,3)22(36-23(32)17-7-5-4-6-8-17)15-20-24(2)10-9-19(30)13-18(24)14-21(31)28(20,27)35/h4-8,14,19-22,30-31,33-35H,9-13,15H2,1-3H3/t19-,20+,21+,22+,24-,25+,26+,27+,28+/m0/s1. The number of fused-ring (bicyclic) bond motifs is 5. The Morgan fingerprint density at radius 1 is 1.00 bits per heavy atom. The Morgan fingerprint density at radius 2 is 1.67 bits per heavy atom. The van der Waals surface area contributed by atoms with Gasteiger partial charge in [0.25, 0.3) is 0 Å². The van der Waals surface area contributed by atoms with Crippen LogP contribution in [0.25, 0.3) is 0 Å². The summed E-state index contributed by atoms with van der Waals surface area (Å²) in [6.07, 6.45) is -0.646. The summed E-state index contributed by atoms with van der Waals surface area (Å²) in [6, 6.07) is 8.34. The molecule has 0 aliphatic heterocycles. The second-order valence-corrected chi connectivity index (χ2v) is 11.8. The number of aliphatic hydroxyl groups excluding tert-OH is 2. The first-order valence-corrected chi connectivity index (χ1v) is 12.8. The Hall–Kier alpha value is -2.10. The molecule has 36 heavy (non-hydrogen) atoms. The summed E-state index contributed by atoms with van der Waals surface area (Å²) in [7, 11) is 0. The number of esters is 1. The van der Waals surface area contributed by atoms with Gasteiger partial charge in [0.15, 0.2) is 5.78 Å². The summed E-state index contributed by atoms with van der Waals surface area (Å²) in [5.74, 6) is -2.02. The molecule has 8 nitrogen and oxygen atoms in total. The molecule has 196 valence electrons. The van der Waals surface area contributed by atoms with Gasteiger partial charge in [-0.05, 0) is 69.9 Å². The van der Waals surface area contributed by atoms with Crippen LogP contribution < -0.4 is 0 Å². The lowest BCUT2D eigenvalue weighted by atomic mass is 9.41. The monoisotopic (exact) mass is 500 g/mol. The molecule has 0 radical (unpaired) electrons. The van der Waals surface area contributed by atoms with Crippen molar-refractivity contribution < 1.29 is 39.9 Å². The van der Waals surface area contributed by atoms with E-state index in [-0.39, 0.29) is 24.8 Å². The van der Waals surface area contributed by atoms with E-state index in [9.17, 15) is 35.1 Å². The van der Waals surface area contributed by atoms with Gasteiger partial charge in [-0.2, -0.15) is 0 Å². The SMILES string of the molecule is CC(=O)[C@]1(O)CC[C@]2(O)[C@]3(O)[C@H](O)C=C4C[C@@H](O)CC[C@]4(C)[C@H]3C[C@@H](OC(=O)c3ccccc3)[C@@]21C. The van der Waals surface area contributed by atoms with E-state index in [1.165, 1.54) is 19.9 Å². The first-order valence-electron chi connectivity index (χ1n) is 12.8. The molecule has 0 unspecified atom stereocenters. The highest BCUT2D eigenvalue weighted by molar-refractivity contribution is 5.90. The van der Waals surface area contributed by atoms with Crippen molar-refractivity contribution in [1.82, 2.24) is 0 Å². The van der Waals surface area contributed by atoms with Gasteiger partial charge < -0.3 is 30.3 Å². The normalized spacial score (nSPS) is 47.7. The van der Waals surface area contributed by atoms with E-state index in [1.807, 2.05) is 6.92 Å². The number of carbonyl (C=O) groups is 2. The molecule has 0 bridgehead atoms. The van der Waals surface area contributed by atoms with E-state index in [4.69, 9.17) is 4.74 Å². The fourth-order valence-electron chi connectivity index (χ4n) is 8.16. The highest BCUT2D eigenvalue weighted by atomic mass is 16.5. The zero-order valence-electron chi connectivity index (χ0n) is 21.0. The molecule has 1 aromatic carbocycles. The summed E-state index contributed by atoms with van der Waals surface area (Å²) in [5.41, 5.74) is -7.76. The molecule has 3 fully saturated rings. The average molecular weight is 501 g/mol. The maximum absolute atomic E-state index is 13.2. The van der Waals surface area contributed by atoms with Gasteiger partial charge in [0.05, 0.1) is 17.1 Å². The van der Waals surface area contributed by atoms with E-state index in [0.29, 0.717) is 19.3 Å². The minimum Gasteiger partial charge on any atom is -0.458 e. The quantitative estimate of drug-likeness (QED) is 0.311. The zero-order chi connectivity index (χ0) is 26.3. The van der Waals surface area contributed by atoms with Gasteiger partial charge in [-0.15, -0.1) is 0 Å². The number of ketones is 1.